The highest BCUT2D eigenvalue weighted by atomic mass is 35.5. The SMILES string of the molecule is CSc1ccc(-c2nc(OCc3ccc(Cl)c(Cl)c3)ncc2-c2ccc(Cl)cc2)c(Cl)c1.Clc1ccc(-c2cnc(OCc3ccc(Cl)c(Cl)c3)nc2-c2ccc(Cl)cc2Cl)cc1. The predicted molar refractivity (Wildman–Crippen MR) is 264 cm³/mol. The van der Waals surface area contributed by atoms with Crippen LogP contribution in [0.2, 0.25) is 45.2 Å². The van der Waals surface area contributed by atoms with Gasteiger partial charge in [0.1, 0.15) is 13.2 Å². The number of nitrogens with zero attached hydrogens (tertiary/aromatic N) is 4. The molecule has 2 heterocycles. The summed E-state index contributed by atoms with van der Waals surface area (Å²) in [6.45, 7) is 0.473. The molecule has 0 aliphatic carbocycles. The van der Waals surface area contributed by atoms with Crippen LogP contribution in [0.25, 0.3) is 44.8 Å². The number of ether oxygens (including phenoxy) is 2. The van der Waals surface area contributed by atoms with Crippen molar-refractivity contribution in [1.29, 1.82) is 0 Å². The molecule has 0 saturated carbocycles. The molecule has 0 atom stereocenters. The van der Waals surface area contributed by atoms with E-state index >= 15 is 0 Å². The van der Waals surface area contributed by atoms with Gasteiger partial charge in [-0.3, -0.25) is 0 Å². The van der Waals surface area contributed by atoms with Crippen LogP contribution in [-0.4, -0.2) is 26.2 Å². The van der Waals surface area contributed by atoms with E-state index in [9.17, 15) is 0 Å². The van der Waals surface area contributed by atoms with Gasteiger partial charge in [0.25, 0.3) is 0 Å². The number of hydrogen-bond donors (Lipinski definition) is 0. The van der Waals surface area contributed by atoms with Crippen LogP contribution < -0.4 is 9.47 Å². The lowest BCUT2D eigenvalue weighted by atomic mass is 10.0. The average Bonchev–Trinajstić information content (AvgIpc) is 3.28. The molecule has 0 radical (unpaired) electrons. The molecule has 16 heteroatoms. The number of rotatable bonds is 11. The van der Waals surface area contributed by atoms with E-state index in [4.69, 9.17) is 119 Å². The van der Waals surface area contributed by atoms with Crippen molar-refractivity contribution in [2.75, 3.05) is 6.26 Å². The van der Waals surface area contributed by atoms with Gasteiger partial charge in [-0.1, -0.05) is 147 Å². The van der Waals surface area contributed by atoms with Crippen molar-refractivity contribution >= 4 is 116 Å². The molecule has 0 amide bonds. The fourth-order valence-electron chi connectivity index (χ4n) is 6.01. The highest BCUT2D eigenvalue weighted by Gasteiger charge is 2.18. The van der Waals surface area contributed by atoms with Gasteiger partial charge in [-0.2, -0.15) is 9.97 Å². The molecule has 2 aromatic heterocycles. The Bertz CT molecular complexity index is 2910. The fraction of sp³-hybridized carbons (Fsp3) is 0.0638. The second kappa shape index (κ2) is 21.8. The minimum Gasteiger partial charge on any atom is -0.459 e. The highest BCUT2D eigenvalue weighted by molar-refractivity contribution is 7.98. The molecule has 0 saturated heterocycles. The van der Waals surface area contributed by atoms with Crippen molar-refractivity contribution < 1.29 is 9.47 Å². The van der Waals surface area contributed by atoms with Gasteiger partial charge in [0.15, 0.2) is 0 Å². The molecule has 6 nitrogen and oxygen atoms in total. The van der Waals surface area contributed by atoms with Crippen molar-refractivity contribution in [2.24, 2.45) is 0 Å². The summed E-state index contributed by atoms with van der Waals surface area (Å²) >= 11 is 57.0. The normalized spacial score (nSPS) is 10.9. The Morgan fingerprint density at radius 3 is 1.25 bits per heavy atom. The van der Waals surface area contributed by atoms with E-state index in [0.717, 1.165) is 43.8 Å². The first-order chi connectivity index (χ1) is 30.3. The zero-order valence-electron chi connectivity index (χ0n) is 32.5. The second-order valence-corrected chi connectivity index (χ2v) is 18.0. The minimum absolute atomic E-state index is 0.199. The zero-order chi connectivity index (χ0) is 44.6. The van der Waals surface area contributed by atoms with Crippen LogP contribution in [0, 0.1) is 0 Å². The number of halogens is 9. The lowest BCUT2D eigenvalue weighted by molar-refractivity contribution is 0.281. The van der Waals surface area contributed by atoms with Gasteiger partial charge < -0.3 is 9.47 Å². The van der Waals surface area contributed by atoms with E-state index in [-0.39, 0.29) is 25.2 Å². The lowest BCUT2D eigenvalue weighted by Crippen LogP contribution is -2.02. The van der Waals surface area contributed by atoms with E-state index in [1.54, 1.807) is 72.7 Å². The molecule has 0 fully saturated rings. The van der Waals surface area contributed by atoms with Gasteiger partial charge in [-0.25, -0.2) is 9.97 Å². The molecule has 8 aromatic rings. The van der Waals surface area contributed by atoms with Crippen LogP contribution in [0.3, 0.4) is 0 Å². The lowest BCUT2D eigenvalue weighted by Gasteiger charge is -2.13. The topological polar surface area (TPSA) is 70.0 Å². The smallest absolute Gasteiger partial charge is 0.317 e. The van der Waals surface area contributed by atoms with E-state index in [2.05, 4.69) is 15.0 Å². The Labute approximate surface area is 413 Å². The van der Waals surface area contributed by atoms with E-state index < -0.39 is 0 Å². The van der Waals surface area contributed by atoms with Crippen molar-refractivity contribution in [3.8, 4) is 56.8 Å². The molecular formula is C47H29Cl9N4O2S. The van der Waals surface area contributed by atoms with Crippen molar-refractivity contribution in [2.45, 2.75) is 18.1 Å². The summed E-state index contributed by atoms with van der Waals surface area (Å²) in [7, 11) is 0. The van der Waals surface area contributed by atoms with Crippen LogP contribution >= 0.6 is 116 Å². The fourth-order valence-corrected chi connectivity index (χ4v) is 8.18. The summed E-state index contributed by atoms with van der Waals surface area (Å²) in [4.78, 5) is 19.2. The van der Waals surface area contributed by atoms with Crippen molar-refractivity contribution in [3.05, 3.63) is 190 Å². The Hall–Kier alpha value is -3.96. The van der Waals surface area contributed by atoms with Gasteiger partial charge in [0, 0.05) is 54.6 Å². The number of benzene rings is 6. The molecule has 0 aliphatic heterocycles. The van der Waals surface area contributed by atoms with E-state index in [1.165, 1.54) is 0 Å². The predicted octanol–water partition coefficient (Wildman–Crippen LogP) is 17.4. The van der Waals surface area contributed by atoms with Crippen molar-refractivity contribution in [1.82, 2.24) is 19.9 Å². The van der Waals surface area contributed by atoms with E-state index in [1.807, 2.05) is 79.1 Å². The van der Waals surface area contributed by atoms with Gasteiger partial charge in [0.2, 0.25) is 0 Å². The summed E-state index contributed by atoms with van der Waals surface area (Å²) in [5.41, 5.74) is 7.89. The molecule has 8 rings (SSSR count). The van der Waals surface area contributed by atoms with Gasteiger partial charge in [-0.05, 0) is 107 Å². The molecule has 0 bridgehead atoms. The molecule has 63 heavy (non-hydrogen) atoms. The maximum Gasteiger partial charge on any atom is 0.317 e. The van der Waals surface area contributed by atoms with Gasteiger partial charge in [-0.15, -0.1) is 11.8 Å². The second-order valence-electron chi connectivity index (χ2n) is 13.4. The first-order valence-electron chi connectivity index (χ1n) is 18.5. The number of aromatic nitrogens is 4. The number of thioether (sulfide) groups is 1. The molecule has 0 N–H and O–H groups in total. The third-order valence-electron chi connectivity index (χ3n) is 9.17. The Balaban J connectivity index is 0.000000189. The van der Waals surface area contributed by atoms with E-state index in [0.29, 0.717) is 62.2 Å². The van der Waals surface area contributed by atoms with Crippen LogP contribution in [0.1, 0.15) is 11.1 Å². The maximum absolute atomic E-state index is 6.62. The van der Waals surface area contributed by atoms with Gasteiger partial charge >= 0.3 is 12.0 Å². The Morgan fingerprint density at radius 2 is 0.841 bits per heavy atom. The van der Waals surface area contributed by atoms with Gasteiger partial charge in [0.05, 0.1) is 41.5 Å². The summed E-state index contributed by atoms with van der Waals surface area (Å²) in [5, 5.41) is 4.78. The molecule has 0 unspecified atom stereocenters. The Morgan fingerprint density at radius 1 is 0.413 bits per heavy atom. The molecular weight excluding hydrogens is 1000 g/mol. The maximum atomic E-state index is 6.62. The summed E-state index contributed by atoms with van der Waals surface area (Å²) in [6, 6.07) is 37.1. The molecule has 0 aliphatic rings. The van der Waals surface area contributed by atoms with Crippen LogP contribution in [0.4, 0.5) is 0 Å². The van der Waals surface area contributed by atoms with Crippen LogP contribution in [-0.2, 0) is 13.2 Å². The number of hydrogen-bond acceptors (Lipinski definition) is 7. The molecule has 6 aromatic carbocycles. The first kappa shape index (κ1) is 47.0. The third-order valence-corrected chi connectivity index (χ3v) is 12.7. The zero-order valence-corrected chi connectivity index (χ0v) is 40.2. The first-order valence-corrected chi connectivity index (χ1v) is 23.2. The third kappa shape index (κ3) is 12.2. The van der Waals surface area contributed by atoms with Crippen LogP contribution in [0.5, 0.6) is 12.0 Å². The monoisotopic (exact) mass is 1030 g/mol. The summed E-state index contributed by atoms with van der Waals surface area (Å²) < 4.78 is 11.7. The minimum atomic E-state index is 0.199. The summed E-state index contributed by atoms with van der Waals surface area (Å²) in [6.07, 6.45) is 5.43. The van der Waals surface area contributed by atoms with Crippen molar-refractivity contribution in [3.63, 3.8) is 0 Å². The average molecular weight is 1030 g/mol. The standard InChI is InChI=1S/C24H16Cl4N2OS.C23H13Cl5N2O/c1-32-17-7-8-18(21(27)11-17)23-19(15-3-5-16(25)6-4-15)12-29-24(30-23)31-13-14-2-9-20(26)22(28)10-14;24-15-4-2-14(3-5-15)18-11-29-23(31-12-13-1-8-19(26)21(28)9-13)30-22(18)17-7-6-16(25)10-20(17)27/h2-12H,13H2,1H3;1-11H,12H2. The van der Waals surface area contributed by atoms with Crippen LogP contribution in [0.15, 0.2) is 139 Å². The quantitative estimate of drug-likeness (QED) is 0.120. The highest BCUT2D eigenvalue weighted by Crippen LogP contribution is 2.39. The molecule has 0 spiro atoms. The largest absolute Gasteiger partial charge is 0.459 e. The Kier molecular flexibility index (Phi) is 16.3. The molecule has 318 valence electrons. The summed E-state index contributed by atoms with van der Waals surface area (Å²) in [5.74, 6) is 0.